The van der Waals surface area contributed by atoms with Crippen molar-refractivity contribution in [3.63, 3.8) is 0 Å². The Kier molecular flexibility index (Phi) is 6.76. The van der Waals surface area contributed by atoms with Crippen molar-refractivity contribution in [2.45, 2.75) is 17.9 Å². The summed E-state index contributed by atoms with van der Waals surface area (Å²) in [5.41, 5.74) is 1.66. The first-order valence-corrected chi connectivity index (χ1v) is 12.2. The van der Waals surface area contributed by atoms with Crippen LogP contribution in [0, 0.1) is 0 Å². The first-order valence-electron chi connectivity index (χ1n) is 10.4. The Hall–Kier alpha value is -3.23. The van der Waals surface area contributed by atoms with Gasteiger partial charge < -0.3 is 14.8 Å². The molecule has 0 atom stereocenters. The molecular formula is C24H23ClN2O5S. The Bertz CT molecular complexity index is 1250. The van der Waals surface area contributed by atoms with Crippen LogP contribution in [0.5, 0.6) is 11.5 Å². The number of hydrogen-bond acceptors (Lipinski definition) is 5. The Morgan fingerprint density at radius 2 is 1.73 bits per heavy atom. The van der Waals surface area contributed by atoms with E-state index in [1.54, 1.807) is 36.4 Å². The highest BCUT2D eigenvalue weighted by molar-refractivity contribution is 7.92. The molecule has 1 aliphatic heterocycles. The highest BCUT2D eigenvalue weighted by Crippen LogP contribution is 2.38. The maximum Gasteiger partial charge on any atom is 0.264 e. The maximum atomic E-state index is 12.9. The van der Waals surface area contributed by atoms with Gasteiger partial charge in [0.1, 0.15) is 0 Å². The Balaban J connectivity index is 1.44. The normalized spacial score (nSPS) is 13.2. The summed E-state index contributed by atoms with van der Waals surface area (Å²) in [7, 11) is -2.25. The summed E-state index contributed by atoms with van der Waals surface area (Å²) in [5.74, 6) is 0.737. The molecule has 9 heteroatoms. The van der Waals surface area contributed by atoms with E-state index in [2.05, 4.69) is 5.32 Å². The molecule has 3 aromatic rings. The van der Waals surface area contributed by atoms with Gasteiger partial charge >= 0.3 is 0 Å². The second-order valence-corrected chi connectivity index (χ2v) is 9.85. The van der Waals surface area contributed by atoms with Crippen LogP contribution < -0.4 is 19.1 Å². The fraction of sp³-hybridized carbons (Fsp3) is 0.208. The van der Waals surface area contributed by atoms with Gasteiger partial charge in [0.05, 0.1) is 28.8 Å². The zero-order chi connectivity index (χ0) is 23.4. The van der Waals surface area contributed by atoms with Crippen LogP contribution in [0.4, 0.5) is 5.69 Å². The lowest BCUT2D eigenvalue weighted by Crippen LogP contribution is -2.27. The summed E-state index contributed by atoms with van der Waals surface area (Å²) in [5, 5.41) is 3.24. The lowest BCUT2D eigenvalue weighted by atomic mass is 10.1. The van der Waals surface area contributed by atoms with Gasteiger partial charge in [-0.15, -0.1) is 0 Å². The van der Waals surface area contributed by atoms with E-state index in [1.165, 1.54) is 35.6 Å². The minimum atomic E-state index is -3.75. The third kappa shape index (κ3) is 5.07. The fourth-order valence-corrected chi connectivity index (χ4v) is 4.87. The molecule has 0 spiro atoms. The van der Waals surface area contributed by atoms with Crippen molar-refractivity contribution in [3.05, 3.63) is 82.9 Å². The standard InChI is InChI=1S/C24H23ClN2O5S/c1-27(19-6-3-2-4-7-19)33(29,30)20-10-8-18(9-11-20)24(28)26-16-17-14-21(25)23-22(15-17)31-12-5-13-32-23/h2-4,6-11,14-15H,5,12-13,16H2,1H3,(H,26,28). The number of carbonyl (C=O) groups excluding carboxylic acids is 1. The summed E-state index contributed by atoms with van der Waals surface area (Å²) in [4.78, 5) is 12.7. The molecule has 4 rings (SSSR count). The highest BCUT2D eigenvalue weighted by atomic mass is 35.5. The molecule has 1 aliphatic rings. The van der Waals surface area contributed by atoms with E-state index < -0.39 is 10.0 Å². The van der Waals surface area contributed by atoms with Crippen molar-refractivity contribution in [2.75, 3.05) is 24.6 Å². The predicted octanol–water partition coefficient (Wildman–Crippen LogP) is 4.26. The van der Waals surface area contributed by atoms with Gasteiger partial charge in [-0.25, -0.2) is 8.42 Å². The van der Waals surface area contributed by atoms with Gasteiger partial charge in [-0.05, 0) is 54.1 Å². The van der Waals surface area contributed by atoms with Gasteiger partial charge in [-0.3, -0.25) is 9.10 Å². The number of ether oxygens (including phenoxy) is 2. The SMILES string of the molecule is CN(c1ccccc1)S(=O)(=O)c1ccc(C(=O)NCc2cc(Cl)c3c(c2)OCCCO3)cc1. The van der Waals surface area contributed by atoms with E-state index in [0.29, 0.717) is 41.0 Å². The van der Waals surface area contributed by atoms with E-state index in [4.69, 9.17) is 21.1 Å². The number of benzene rings is 3. The van der Waals surface area contributed by atoms with Gasteiger partial charge in [0, 0.05) is 25.6 Å². The second-order valence-electron chi connectivity index (χ2n) is 7.47. The number of carbonyl (C=O) groups is 1. The Labute approximate surface area is 197 Å². The van der Waals surface area contributed by atoms with Crippen LogP contribution in [0.2, 0.25) is 5.02 Å². The van der Waals surface area contributed by atoms with Gasteiger partial charge in [0.25, 0.3) is 15.9 Å². The number of rotatable bonds is 6. The highest BCUT2D eigenvalue weighted by Gasteiger charge is 2.21. The molecule has 0 unspecified atom stereocenters. The maximum absolute atomic E-state index is 12.9. The zero-order valence-electron chi connectivity index (χ0n) is 18.0. The quantitative estimate of drug-likeness (QED) is 0.563. The molecule has 7 nitrogen and oxygen atoms in total. The van der Waals surface area contributed by atoms with Crippen LogP contribution in [0.1, 0.15) is 22.3 Å². The summed E-state index contributed by atoms with van der Waals surface area (Å²) in [6, 6.07) is 18.1. The molecule has 0 aliphatic carbocycles. The summed E-state index contributed by atoms with van der Waals surface area (Å²) < 4.78 is 38.3. The number of nitrogens with one attached hydrogen (secondary N) is 1. The molecule has 0 radical (unpaired) electrons. The van der Waals surface area contributed by atoms with E-state index in [0.717, 1.165) is 12.0 Å². The van der Waals surface area contributed by atoms with Crippen molar-refractivity contribution >= 4 is 33.2 Å². The average molecular weight is 487 g/mol. The van der Waals surface area contributed by atoms with Crippen molar-refractivity contribution < 1.29 is 22.7 Å². The molecule has 0 bridgehead atoms. The van der Waals surface area contributed by atoms with Crippen LogP contribution in [0.15, 0.2) is 71.6 Å². The van der Waals surface area contributed by atoms with E-state index in [1.807, 2.05) is 6.07 Å². The minimum absolute atomic E-state index is 0.0973. The van der Waals surface area contributed by atoms with Crippen LogP contribution >= 0.6 is 11.6 Å². The number of hydrogen-bond donors (Lipinski definition) is 1. The predicted molar refractivity (Wildman–Crippen MR) is 127 cm³/mol. The largest absolute Gasteiger partial charge is 0.489 e. The second kappa shape index (κ2) is 9.72. The topological polar surface area (TPSA) is 84.9 Å². The number of fused-ring (bicyclic) bond motifs is 1. The zero-order valence-corrected chi connectivity index (χ0v) is 19.5. The molecule has 1 N–H and O–H groups in total. The van der Waals surface area contributed by atoms with Crippen molar-refractivity contribution in [1.82, 2.24) is 5.32 Å². The number of amides is 1. The first kappa shape index (κ1) is 22.9. The van der Waals surface area contributed by atoms with Crippen molar-refractivity contribution in [1.29, 1.82) is 0 Å². The summed E-state index contributed by atoms with van der Waals surface area (Å²) in [6.45, 7) is 1.30. The summed E-state index contributed by atoms with van der Waals surface area (Å²) in [6.07, 6.45) is 0.768. The van der Waals surface area contributed by atoms with Gasteiger partial charge in [0.2, 0.25) is 0 Å². The minimum Gasteiger partial charge on any atom is -0.489 e. The third-order valence-corrected chi connectivity index (χ3v) is 7.29. The lowest BCUT2D eigenvalue weighted by Gasteiger charge is -2.19. The molecular weight excluding hydrogens is 464 g/mol. The number of para-hydroxylation sites is 1. The smallest absolute Gasteiger partial charge is 0.264 e. The first-order chi connectivity index (χ1) is 15.9. The Morgan fingerprint density at radius 1 is 1.03 bits per heavy atom. The van der Waals surface area contributed by atoms with Crippen LogP contribution in [0.3, 0.4) is 0 Å². The van der Waals surface area contributed by atoms with Gasteiger partial charge in [-0.2, -0.15) is 0 Å². The van der Waals surface area contributed by atoms with E-state index >= 15 is 0 Å². The number of nitrogens with zero attached hydrogens (tertiary/aromatic N) is 1. The molecule has 1 amide bonds. The molecule has 3 aromatic carbocycles. The lowest BCUT2D eigenvalue weighted by molar-refractivity contribution is 0.0950. The van der Waals surface area contributed by atoms with Crippen LogP contribution in [0.25, 0.3) is 0 Å². The van der Waals surface area contributed by atoms with Crippen LogP contribution in [-0.4, -0.2) is 34.6 Å². The molecule has 0 aromatic heterocycles. The molecule has 1 heterocycles. The Morgan fingerprint density at radius 3 is 2.45 bits per heavy atom. The molecule has 0 fully saturated rings. The number of sulfonamides is 1. The van der Waals surface area contributed by atoms with Crippen molar-refractivity contribution in [3.8, 4) is 11.5 Å². The number of halogens is 1. The monoisotopic (exact) mass is 486 g/mol. The molecule has 33 heavy (non-hydrogen) atoms. The van der Waals surface area contributed by atoms with Crippen molar-refractivity contribution in [2.24, 2.45) is 0 Å². The van der Waals surface area contributed by atoms with E-state index in [-0.39, 0.29) is 17.3 Å². The summed E-state index contributed by atoms with van der Waals surface area (Å²) >= 11 is 6.30. The molecule has 0 saturated carbocycles. The number of anilines is 1. The van der Waals surface area contributed by atoms with E-state index in [9.17, 15) is 13.2 Å². The van der Waals surface area contributed by atoms with Gasteiger partial charge in [0.15, 0.2) is 11.5 Å². The third-order valence-electron chi connectivity index (χ3n) is 5.21. The fourth-order valence-electron chi connectivity index (χ4n) is 3.38. The van der Waals surface area contributed by atoms with Gasteiger partial charge in [-0.1, -0.05) is 29.8 Å². The molecule has 0 saturated heterocycles. The van der Waals surface area contributed by atoms with Crippen LogP contribution in [-0.2, 0) is 16.6 Å². The molecule has 172 valence electrons. The average Bonchev–Trinajstić information content (AvgIpc) is 3.08.